The SMILES string of the molecule is O=C(CCO)N1CCOc2c(O)cc(-c3cccnc3)cc2C1. The first-order valence-electron chi connectivity index (χ1n) is 7.47. The number of phenolic OH excluding ortho intramolecular Hbond substituents is 1. The number of rotatable bonds is 3. The van der Waals surface area contributed by atoms with E-state index in [9.17, 15) is 9.90 Å². The van der Waals surface area contributed by atoms with Crippen LogP contribution in [0.3, 0.4) is 0 Å². The fourth-order valence-corrected chi connectivity index (χ4v) is 2.67. The smallest absolute Gasteiger partial charge is 0.225 e. The molecule has 1 aliphatic rings. The van der Waals surface area contributed by atoms with E-state index in [1.165, 1.54) is 0 Å². The van der Waals surface area contributed by atoms with Crippen molar-refractivity contribution in [3.63, 3.8) is 0 Å². The van der Waals surface area contributed by atoms with Crippen molar-refractivity contribution in [2.75, 3.05) is 19.8 Å². The van der Waals surface area contributed by atoms with E-state index in [1.807, 2.05) is 18.2 Å². The molecule has 1 aromatic carbocycles. The second-order valence-electron chi connectivity index (χ2n) is 5.36. The third kappa shape index (κ3) is 3.27. The molecular formula is C17H18N2O4. The van der Waals surface area contributed by atoms with E-state index in [1.54, 1.807) is 23.4 Å². The summed E-state index contributed by atoms with van der Waals surface area (Å²) in [5.74, 6) is 0.338. The second-order valence-corrected chi connectivity index (χ2v) is 5.36. The number of aromatic hydroxyl groups is 1. The second kappa shape index (κ2) is 6.66. The molecule has 23 heavy (non-hydrogen) atoms. The van der Waals surface area contributed by atoms with Gasteiger partial charge in [0, 0.05) is 36.5 Å². The lowest BCUT2D eigenvalue weighted by Crippen LogP contribution is -2.32. The van der Waals surface area contributed by atoms with Crippen LogP contribution in [0.2, 0.25) is 0 Å². The monoisotopic (exact) mass is 314 g/mol. The van der Waals surface area contributed by atoms with Crippen molar-refractivity contribution >= 4 is 5.91 Å². The number of hydrogen-bond acceptors (Lipinski definition) is 5. The molecular weight excluding hydrogens is 296 g/mol. The van der Waals surface area contributed by atoms with Crippen molar-refractivity contribution in [2.24, 2.45) is 0 Å². The van der Waals surface area contributed by atoms with E-state index >= 15 is 0 Å². The number of aliphatic hydroxyl groups excluding tert-OH is 1. The highest BCUT2D eigenvalue weighted by atomic mass is 16.5. The van der Waals surface area contributed by atoms with Gasteiger partial charge in [-0.1, -0.05) is 6.07 Å². The highest BCUT2D eigenvalue weighted by molar-refractivity contribution is 5.77. The molecule has 0 fully saturated rings. The molecule has 0 spiro atoms. The van der Waals surface area contributed by atoms with Crippen LogP contribution in [0.5, 0.6) is 11.5 Å². The fourth-order valence-electron chi connectivity index (χ4n) is 2.67. The number of hydrogen-bond donors (Lipinski definition) is 2. The molecule has 0 atom stereocenters. The number of amides is 1. The van der Waals surface area contributed by atoms with Gasteiger partial charge < -0.3 is 19.8 Å². The summed E-state index contributed by atoms with van der Waals surface area (Å²) in [5.41, 5.74) is 2.44. The number of ether oxygens (including phenoxy) is 1. The van der Waals surface area contributed by atoms with Crippen molar-refractivity contribution in [1.82, 2.24) is 9.88 Å². The summed E-state index contributed by atoms with van der Waals surface area (Å²) >= 11 is 0. The normalized spacial score (nSPS) is 13.9. The maximum absolute atomic E-state index is 12.0. The molecule has 0 bridgehead atoms. The summed E-state index contributed by atoms with van der Waals surface area (Å²) in [7, 11) is 0. The highest BCUT2D eigenvalue weighted by Gasteiger charge is 2.22. The lowest BCUT2D eigenvalue weighted by molar-refractivity contribution is -0.132. The van der Waals surface area contributed by atoms with E-state index in [0.717, 1.165) is 16.7 Å². The average Bonchev–Trinajstić information content (AvgIpc) is 2.79. The Hall–Kier alpha value is -2.60. The molecule has 6 nitrogen and oxygen atoms in total. The van der Waals surface area contributed by atoms with Gasteiger partial charge in [0.05, 0.1) is 13.2 Å². The first kappa shape index (κ1) is 15.3. The number of benzene rings is 1. The van der Waals surface area contributed by atoms with Crippen LogP contribution in [0.1, 0.15) is 12.0 Å². The Morgan fingerprint density at radius 1 is 1.35 bits per heavy atom. The number of phenols is 1. The van der Waals surface area contributed by atoms with E-state index in [0.29, 0.717) is 25.4 Å². The summed E-state index contributed by atoms with van der Waals surface area (Å²) in [6.45, 7) is 0.902. The summed E-state index contributed by atoms with van der Waals surface area (Å²) in [6.07, 6.45) is 3.49. The van der Waals surface area contributed by atoms with Gasteiger partial charge >= 0.3 is 0 Å². The minimum absolute atomic E-state index is 0.0535. The quantitative estimate of drug-likeness (QED) is 0.898. The molecule has 0 saturated carbocycles. The number of aromatic nitrogens is 1. The van der Waals surface area contributed by atoms with E-state index in [2.05, 4.69) is 4.98 Å². The van der Waals surface area contributed by atoms with E-state index < -0.39 is 0 Å². The summed E-state index contributed by atoms with van der Waals surface area (Å²) < 4.78 is 5.61. The van der Waals surface area contributed by atoms with Crippen LogP contribution in [0, 0.1) is 0 Å². The third-order valence-corrected chi connectivity index (χ3v) is 3.79. The maximum Gasteiger partial charge on any atom is 0.225 e. The van der Waals surface area contributed by atoms with E-state index in [4.69, 9.17) is 9.84 Å². The van der Waals surface area contributed by atoms with Gasteiger partial charge in [0.2, 0.25) is 5.91 Å². The zero-order valence-electron chi connectivity index (χ0n) is 12.6. The number of fused-ring (bicyclic) bond motifs is 1. The van der Waals surface area contributed by atoms with Crippen LogP contribution in [0.4, 0.5) is 0 Å². The number of aliphatic hydroxyl groups is 1. The third-order valence-electron chi connectivity index (χ3n) is 3.79. The van der Waals surface area contributed by atoms with Crippen molar-refractivity contribution < 1.29 is 19.7 Å². The van der Waals surface area contributed by atoms with Gasteiger partial charge in [-0.3, -0.25) is 9.78 Å². The number of carbonyl (C=O) groups excluding carboxylic acids is 1. The zero-order chi connectivity index (χ0) is 16.2. The highest BCUT2D eigenvalue weighted by Crippen LogP contribution is 2.37. The Morgan fingerprint density at radius 3 is 2.96 bits per heavy atom. The van der Waals surface area contributed by atoms with Gasteiger partial charge in [0.1, 0.15) is 6.61 Å². The molecule has 2 heterocycles. The molecule has 1 aliphatic heterocycles. The van der Waals surface area contributed by atoms with Gasteiger partial charge in [-0.15, -0.1) is 0 Å². The van der Waals surface area contributed by atoms with Crippen molar-refractivity contribution in [2.45, 2.75) is 13.0 Å². The number of nitrogens with zero attached hydrogens (tertiary/aromatic N) is 2. The minimum atomic E-state index is -0.177. The summed E-state index contributed by atoms with van der Waals surface area (Å²) in [5, 5.41) is 19.2. The van der Waals surface area contributed by atoms with Gasteiger partial charge in [-0.2, -0.15) is 0 Å². The lowest BCUT2D eigenvalue weighted by Gasteiger charge is -2.19. The Morgan fingerprint density at radius 2 is 2.22 bits per heavy atom. The fraction of sp³-hybridized carbons (Fsp3) is 0.294. The Kier molecular flexibility index (Phi) is 4.43. The Balaban J connectivity index is 1.96. The summed E-state index contributed by atoms with van der Waals surface area (Å²) in [6, 6.07) is 7.27. The largest absolute Gasteiger partial charge is 0.504 e. The topological polar surface area (TPSA) is 82.9 Å². The minimum Gasteiger partial charge on any atom is -0.504 e. The predicted octanol–water partition coefficient (Wildman–Crippen LogP) is 1.56. The first-order valence-corrected chi connectivity index (χ1v) is 7.47. The molecule has 0 saturated heterocycles. The van der Waals surface area contributed by atoms with Gasteiger partial charge in [0.25, 0.3) is 0 Å². The van der Waals surface area contributed by atoms with Crippen molar-refractivity contribution in [1.29, 1.82) is 0 Å². The van der Waals surface area contributed by atoms with Gasteiger partial charge in [-0.25, -0.2) is 0 Å². The van der Waals surface area contributed by atoms with Crippen molar-refractivity contribution in [3.8, 4) is 22.6 Å². The van der Waals surface area contributed by atoms with E-state index in [-0.39, 0.29) is 24.7 Å². The first-order chi connectivity index (χ1) is 11.2. The van der Waals surface area contributed by atoms with Gasteiger partial charge in [-0.05, 0) is 23.8 Å². The van der Waals surface area contributed by atoms with Crippen LogP contribution in [0.25, 0.3) is 11.1 Å². The molecule has 3 rings (SSSR count). The van der Waals surface area contributed by atoms with Crippen LogP contribution in [-0.4, -0.2) is 45.8 Å². The molecule has 2 N–H and O–H groups in total. The predicted molar refractivity (Wildman–Crippen MR) is 84.0 cm³/mol. The van der Waals surface area contributed by atoms with Crippen LogP contribution in [0.15, 0.2) is 36.7 Å². The molecule has 2 aromatic rings. The maximum atomic E-state index is 12.0. The summed E-state index contributed by atoms with van der Waals surface area (Å²) in [4.78, 5) is 17.8. The molecule has 6 heteroatoms. The van der Waals surface area contributed by atoms with Crippen molar-refractivity contribution in [3.05, 3.63) is 42.2 Å². The molecule has 120 valence electrons. The molecule has 1 amide bonds. The average molecular weight is 314 g/mol. The molecule has 0 unspecified atom stereocenters. The Labute approximate surface area is 134 Å². The Bertz CT molecular complexity index is 703. The van der Waals surface area contributed by atoms with Gasteiger partial charge in [0.15, 0.2) is 11.5 Å². The zero-order valence-corrected chi connectivity index (χ0v) is 12.6. The molecule has 0 radical (unpaired) electrons. The lowest BCUT2D eigenvalue weighted by atomic mass is 10.0. The number of carbonyl (C=O) groups is 1. The standard InChI is InChI=1S/C17H18N2O4/c20-6-3-16(22)19-5-7-23-17-14(11-19)8-13(9-15(17)21)12-2-1-4-18-10-12/h1-2,4,8-10,20-21H,3,5-7,11H2. The van der Waals surface area contributed by atoms with Crippen LogP contribution in [-0.2, 0) is 11.3 Å². The van der Waals surface area contributed by atoms with Crippen LogP contribution < -0.4 is 4.74 Å². The molecule has 0 aliphatic carbocycles. The molecule has 1 aromatic heterocycles. The van der Waals surface area contributed by atoms with Crippen LogP contribution >= 0.6 is 0 Å². The number of pyridine rings is 1.